The molecule has 0 amide bonds. The van der Waals surface area contributed by atoms with E-state index in [0.717, 1.165) is 53.7 Å². The number of esters is 1. The molecule has 1 aliphatic rings. The Morgan fingerprint density at radius 3 is 2.97 bits per heavy atom. The summed E-state index contributed by atoms with van der Waals surface area (Å²) in [6, 6.07) is 10.8. The highest BCUT2D eigenvalue weighted by Crippen LogP contribution is 2.34. The lowest BCUT2D eigenvalue weighted by Gasteiger charge is -2.21. The summed E-state index contributed by atoms with van der Waals surface area (Å²) in [6.45, 7) is 6.21. The van der Waals surface area contributed by atoms with Crippen molar-refractivity contribution in [1.29, 1.82) is 0 Å². The van der Waals surface area contributed by atoms with Gasteiger partial charge in [0.1, 0.15) is 5.52 Å². The number of aromatic nitrogens is 3. The van der Waals surface area contributed by atoms with E-state index >= 15 is 0 Å². The molecule has 3 aromatic rings. The zero-order valence-corrected chi connectivity index (χ0v) is 17.4. The molecule has 0 radical (unpaired) electrons. The summed E-state index contributed by atoms with van der Waals surface area (Å²) in [5.41, 5.74) is 7.92. The highest BCUT2D eigenvalue weighted by atomic mass is 16.5. The summed E-state index contributed by atoms with van der Waals surface area (Å²) in [5.74, 6) is -0.252. The Morgan fingerprint density at radius 1 is 1.28 bits per heavy atom. The molecule has 0 aliphatic carbocycles. The second-order valence-electron chi connectivity index (χ2n) is 7.73. The minimum atomic E-state index is -0.177. The summed E-state index contributed by atoms with van der Waals surface area (Å²) >= 11 is 0. The van der Waals surface area contributed by atoms with Crippen molar-refractivity contribution >= 4 is 17.0 Å². The molecule has 0 saturated heterocycles. The molecule has 0 bridgehead atoms. The van der Waals surface area contributed by atoms with Gasteiger partial charge in [0.2, 0.25) is 0 Å². The fraction of sp³-hybridized carbons (Fsp3) is 0.435. The molecular weight excluding hydrogens is 364 g/mol. The Morgan fingerprint density at radius 2 is 2.14 bits per heavy atom. The molecule has 1 aliphatic heterocycles. The maximum Gasteiger partial charge on any atom is 0.306 e. The Kier molecular flexibility index (Phi) is 5.62. The van der Waals surface area contributed by atoms with Crippen LogP contribution in [0.25, 0.3) is 11.0 Å². The molecule has 1 N–H and O–H groups in total. The molecule has 6 heteroatoms. The van der Waals surface area contributed by atoms with Gasteiger partial charge < -0.3 is 10.1 Å². The monoisotopic (exact) mass is 392 g/mol. The molecule has 29 heavy (non-hydrogen) atoms. The third-order valence-corrected chi connectivity index (χ3v) is 5.88. The van der Waals surface area contributed by atoms with Crippen LogP contribution >= 0.6 is 0 Å². The van der Waals surface area contributed by atoms with Crippen LogP contribution in [0.3, 0.4) is 0 Å². The van der Waals surface area contributed by atoms with Gasteiger partial charge in [0.05, 0.1) is 18.5 Å². The topological polar surface area (TPSA) is 69.0 Å². The molecule has 1 unspecified atom stereocenters. The molecule has 2 heterocycles. The van der Waals surface area contributed by atoms with Crippen LogP contribution in [0.2, 0.25) is 0 Å². The van der Waals surface area contributed by atoms with E-state index < -0.39 is 0 Å². The van der Waals surface area contributed by atoms with Crippen molar-refractivity contribution in [1.82, 2.24) is 20.3 Å². The number of hydrogen-bond acceptors (Lipinski definition) is 5. The van der Waals surface area contributed by atoms with Crippen LogP contribution in [0.1, 0.15) is 53.5 Å². The molecule has 0 spiro atoms. The van der Waals surface area contributed by atoms with Crippen LogP contribution in [0.5, 0.6) is 0 Å². The highest BCUT2D eigenvalue weighted by molar-refractivity contribution is 5.80. The number of hydrogen-bond donors (Lipinski definition) is 1. The van der Waals surface area contributed by atoms with E-state index in [1.807, 2.05) is 20.0 Å². The van der Waals surface area contributed by atoms with Crippen LogP contribution in [-0.4, -0.2) is 34.1 Å². The van der Waals surface area contributed by atoms with Gasteiger partial charge in [-0.3, -0.25) is 4.79 Å². The van der Waals surface area contributed by atoms with E-state index in [4.69, 9.17) is 4.74 Å². The lowest BCUT2D eigenvalue weighted by atomic mass is 9.84. The molecule has 2 aromatic carbocycles. The number of nitrogens with one attached hydrogen (secondary N) is 1. The Hall–Kier alpha value is -2.73. The molecular formula is C23H28N4O2. The van der Waals surface area contributed by atoms with Gasteiger partial charge in [-0.25, -0.2) is 4.68 Å². The van der Waals surface area contributed by atoms with Crippen LogP contribution in [0.15, 0.2) is 30.3 Å². The summed E-state index contributed by atoms with van der Waals surface area (Å²) in [6.07, 6.45) is 2.56. The Balaban J connectivity index is 1.79. The van der Waals surface area contributed by atoms with Gasteiger partial charge in [-0.1, -0.05) is 29.5 Å². The van der Waals surface area contributed by atoms with Crippen molar-refractivity contribution in [3.05, 3.63) is 58.1 Å². The SMILES string of the molecule is CCOC(=O)CC(c1ccc2c(c1)CNCCC2)c1ccc2c(nnn2C)c1C. The number of carbonyl (C=O) groups excluding carboxylic acids is 1. The van der Waals surface area contributed by atoms with Gasteiger partial charge in [-0.05, 0) is 67.1 Å². The first kappa shape index (κ1) is 19.6. The number of benzene rings is 2. The minimum absolute atomic E-state index is 0.0750. The zero-order chi connectivity index (χ0) is 20.4. The predicted octanol–water partition coefficient (Wildman–Crippen LogP) is 3.40. The lowest BCUT2D eigenvalue weighted by Crippen LogP contribution is -2.14. The van der Waals surface area contributed by atoms with Crippen LogP contribution in [0, 0.1) is 6.92 Å². The van der Waals surface area contributed by atoms with Crippen LogP contribution < -0.4 is 5.32 Å². The minimum Gasteiger partial charge on any atom is -0.466 e. The summed E-state index contributed by atoms with van der Waals surface area (Å²) in [7, 11) is 1.89. The lowest BCUT2D eigenvalue weighted by molar-refractivity contribution is -0.143. The third-order valence-electron chi connectivity index (χ3n) is 5.88. The molecule has 4 rings (SSSR count). The molecule has 6 nitrogen and oxygen atoms in total. The van der Waals surface area contributed by atoms with E-state index in [0.29, 0.717) is 13.0 Å². The van der Waals surface area contributed by atoms with E-state index in [2.05, 4.69) is 46.8 Å². The second kappa shape index (κ2) is 8.33. The maximum absolute atomic E-state index is 12.5. The number of ether oxygens (including phenoxy) is 1. The van der Waals surface area contributed by atoms with Crippen molar-refractivity contribution in [2.75, 3.05) is 13.2 Å². The van der Waals surface area contributed by atoms with Crippen LogP contribution in [-0.2, 0) is 29.5 Å². The van der Waals surface area contributed by atoms with Crippen molar-refractivity contribution in [2.24, 2.45) is 7.05 Å². The maximum atomic E-state index is 12.5. The first-order valence-corrected chi connectivity index (χ1v) is 10.4. The smallest absolute Gasteiger partial charge is 0.306 e. The third kappa shape index (κ3) is 3.90. The van der Waals surface area contributed by atoms with Crippen molar-refractivity contribution < 1.29 is 9.53 Å². The largest absolute Gasteiger partial charge is 0.466 e. The normalized spacial score (nSPS) is 15.0. The number of rotatable bonds is 5. The first-order valence-electron chi connectivity index (χ1n) is 10.4. The van der Waals surface area contributed by atoms with Gasteiger partial charge in [0, 0.05) is 19.5 Å². The van der Waals surface area contributed by atoms with E-state index in [1.54, 1.807) is 4.68 Å². The fourth-order valence-electron chi connectivity index (χ4n) is 4.32. The average molecular weight is 393 g/mol. The number of fused-ring (bicyclic) bond motifs is 2. The van der Waals surface area contributed by atoms with Gasteiger partial charge in [0.15, 0.2) is 0 Å². The number of aryl methyl sites for hydroxylation is 3. The molecule has 0 saturated carbocycles. The van der Waals surface area contributed by atoms with Crippen molar-refractivity contribution in [2.45, 2.75) is 45.6 Å². The van der Waals surface area contributed by atoms with Gasteiger partial charge in [-0.15, -0.1) is 5.10 Å². The second-order valence-corrected chi connectivity index (χ2v) is 7.73. The van der Waals surface area contributed by atoms with Gasteiger partial charge >= 0.3 is 5.97 Å². The fourth-order valence-corrected chi connectivity index (χ4v) is 4.32. The first-order chi connectivity index (χ1) is 14.1. The number of carbonyl (C=O) groups is 1. The molecule has 152 valence electrons. The zero-order valence-electron chi connectivity index (χ0n) is 17.4. The standard InChI is InChI=1S/C23H28N4O2/c1-4-29-22(28)13-20(17-8-7-16-6-5-11-24-14-18(16)12-17)19-9-10-21-23(15(19)2)25-26-27(21)3/h7-10,12,20,24H,4-6,11,13-14H2,1-3H3. The highest BCUT2D eigenvalue weighted by Gasteiger charge is 2.24. The summed E-state index contributed by atoms with van der Waals surface area (Å²) < 4.78 is 7.07. The Labute approximate surface area is 171 Å². The molecule has 1 aromatic heterocycles. The quantitative estimate of drug-likeness (QED) is 0.674. The molecule has 0 fully saturated rings. The van der Waals surface area contributed by atoms with Crippen molar-refractivity contribution in [3.63, 3.8) is 0 Å². The molecule has 1 atom stereocenters. The van der Waals surface area contributed by atoms with E-state index in [9.17, 15) is 4.79 Å². The summed E-state index contributed by atoms with van der Waals surface area (Å²) in [4.78, 5) is 12.5. The Bertz CT molecular complexity index is 1040. The average Bonchev–Trinajstić information content (AvgIpc) is 2.94. The van der Waals surface area contributed by atoms with E-state index in [-0.39, 0.29) is 11.9 Å². The van der Waals surface area contributed by atoms with Gasteiger partial charge in [0.25, 0.3) is 0 Å². The van der Waals surface area contributed by atoms with Crippen molar-refractivity contribution in [3.8, 4) is 0 Å². The number of nitrogens with zero attached hydrogens (tertiary/aromatic N) is 3. The van der Waals surface area contributed by atoms with Crippen LogP contribution in [0.4, 0.5) is 0 Å². The van der Waals surface area contributed by atoms with Gasteiger partial charge in [-0.2, -0.15) is 0 Å². The van der Waals surface area contributed by atoms with E-state index in [1.165, 1.54) is 11.1 Å². The summed E-state index contributed by atoms with van der Waals surface area (Å²) in [5, 5.41) is 12.0. The predicted molar refractivity (Wildman–Crippen MR) is 113 cm³/mol.